The van der Waals surface area contributed by atoms with Crippen LogP contribution in [-0.2, 0) is 18.8 Å². The molecule has 4 rings (SSSR count). The molecule has 1 aromatic carbocycles. The number of aromatic nitrogens is 1. The number of aryl methyl sites for hydroxylation is 1. The lowest BCUT2D eigenvalue weighted by Crippen LogP contribution is -2.29. The van der Waals surface area contributed by atoms with Gasteiger partial charge in [-0.15, -0.1) is 0 Å². The van der Waals surface area contributed by atoms with Crippen LogP contribution in [0.2, 0.25) is 0 Å². The first-order valence-corrected chi connectivity index (χ1v) is 20.7. The maximum absolute atomic E-state index is 14.2. The molecule has 2 saturated carbocycles. The van der Waals surface area contributed by atoms with Crippen LogP contribution in [0.4, 0.5) is 8.78 Å². The average molecular weight is 725 g/mol. The lowest BCUT2D eigenvalue weighted by atomic mass is 9.84. The van der Waals surface area contributed by atoms with Crippen molar-refractivity contribution in [2.24, 2.45) is 5.92 Å². The minimum Gasteiger partial charge on any atom is -0.313 e. The molecule has 2 aliphatic carbocycles. The van der Waals surface area contributed by atoms with Gasteiger partial charge in [0, 0.05) is 48.0 Å². The second-order valence-electron chi connectivity index (χ2n) is 14.4. The van der Waals surface area contributed by atoms with E-state index < -0.39 is 5.92 Å². The first-order chi connectivity index (χ1) is 24.8. The summed E-state index contributed by atoms with van der Waals surface area (Å²) in [4.78, 5) is 4.58. The summed E-state index contributed by atoms with van der Waals surface area (Å²) in [5.74, 6) is -1.38. The van der Waals surface area contributed by atoms with E-state index in [4.69, 9.17) is 10.8 Å². The molecular formula is C46H78F2N4. The van der Waals surface area contributed by atoms with Crippen molar-refractivity contribution in [2.45, 2.75) is 190 Å². The van der Waals surface area contributed by atoms with Crippen molar-refractivity contribution >= 4 is 17.5 Å². The highest BCUT2D eigenvalue weighted by Crippen LogP contribution is 2.39. The van der Waals surface area contributed by atoms with Gasteiger partial charge < -0.3 is 16.1 Å². The van der Waals surface area contributed by atoms with E-state index >= 15 is 0 Å². The van der Waals surface area contributed by atoms with Crippen LogP contribution in [0.5, 0.6) is 0 Å². The normalized spacial score (nSPS) is 14.0. The van der Waals surface area contributed by atoms with Crippen molar-refractivity contribution in [1.29, 1.82) is 10.8 Å². The molecule has 0 bridgehead atoms. The molecule has 6 heteroatoms. The van der Waals surface area contributed by atoms with Crippen molar-refractivity contribution in [2.75, 3.05) is 6.54 Å². The Morgan fingerprint density at radius 1 is 0.981 bits per heavy atom. The standard InChI is InChI=1S/C21H31F2N.C14H20N2.C7H16.C2H5N.C2H6/c1-6-14(3)19-11-17(15(4)24-13-16-9-8-10-16)12-20(18(19)7-2)21(5,22)23;1-3-4-13(15)8-11-7-10(2)16-14(9-11)12-5-6-12;1-3-5-7-6-4-2;1-2-3;1-2/h11-12,15-16,24H,3,6-10,13H2,1-2,4-5H3;7,9,12,15H,3-6,8H2,1-2H3;3-7H2,1-2H3;2-3H,1H3;1-2H3. The zero-order valence-electron chi connectivity index (χ0n) is 35.3. The zero-order chi connectivity index (χ0) is 39.7. The van der Waals surface area contributed by atoms with E-state index in [1.807, 2.05) is 27.7 Å². The van der Waals surface area contributed by atoms with Crippen molar-refractivity contribution in [3.05, 3.63) is 70.0 Å². The maximum atomic E-state index is 14.2. The van der Waals surface area contributed by atoms with Gasteiger partial charge in [-0.2, -0.15) is 0 Å². The summed E-state index contributed by atoms with van der Waals surface area (Å²) < 4.78 is 28.4. The molecule has 2 aromatic rings. The number of benzene rings is 1. The summed E-state index contributed by atoms with van der Waals surface area (Å²) in [7, 11) is 0. The molecule has 2 fully saturated rings. The smallest absolute Gasteiger partial charge is 0.270 e. The quantitative estimate of drug-likeness (QED) is 0.112. The van der Waals surface area contributed by atoms with Crippen LogP contribution in [0.1, 0.15) is 204 Å². The van der Waals surface area contributed by atoms with E-state index in [1.165, 1.54) is 81.7 Å². The predicted molar refractivity (Wildman–Crippen MR) is 226 cm³/mol. The van der Waals surface area contributed by atoms with Gasteiger partial charge in [0.15, 0.2) is 0 Å². The summed E-state index contributed by atoms with van der Waals surface area (Å²) in [6.07, 6.45) is 18.9. The monoisotopic (exact) mass is 725 g/mol. The first-order valence-electron chi connectivity index (χ1n) is 20.7. The van der Waals surface area contributed by atoms with Gasteiger partial charge in [0.25, 0.3) is 5.92 Å². The molecule has 0 radical (unpaired) electrons. The van der Waals surface area contributed by atoms with Crippen LogP contribution in [0, 0.1) is 23.7 Å². The van der Waals surface area contributed by atoms with Gasteiger partial charge in [-0.05, 0) is 136 Å². The highest BCUT2D eigenvalue weighted by atomic mass is 19.3. The van der Waals surface area contributed by atoms with Gasteiger partial charge in [-0.25, -0.2) is 8.78 Å². The molecular weight excluding hydrogens is 647 g/mol. The van der Waals surface area contributed by atoms with Gasteiger partial charge in [0.05, 0.1) is 0 Å². The van der Waals surface area contributed by atoms with Gasteiger partial charge in [-0.1, -0.05) is 100.0 Å². The fraction of sp³-hybridized carbons (Fsp3) is 0.674. The van der Waals surface area contributed by atoms with E-state index in [0.717, 1.165) is 78.7 Å². The maximum Gasteiger partial charge on any atom is 0.270 e. The molecule has 0 spiro atoms. The van der Waals surface area contributed by atoms with Crippen molar-refractivity contribution < 1.29 is 8.78 Å². The molecule has 0 amide bonds. The second-order valence-corrected chi connectivity index (χ2v) is 14.4. The van der Waals surface area contributed by atoms with Crippen LogP contribution >= 0.6 is 0 Å². The number of hydrogen-bond donors (Lipinski definition) is 3. The third-order valence-electron chi connectivity index (χ3n) is 9.55. The summed E-state index contributed by atoms with van der Waals surface area (Å²) in [6.45, 7) is 26.4. The van der Waals surface area contributed by atoms with E-state index in [0.29, 0.717) is 12.3 Å². The summed E-state index contributed by atoms with van der Waals surface area (Å²) in [6, 6.07) is 8.16. The Balaban J connectivity index is 0.000000795. The lowest BCUT2D eigenvalue weighted by molar-refractivity contribution is 0.0164. The molecule has 1 aromatic heterocycles. The Bertz CT molecular complexity index is 1280. The molecule has 1 heterocycles. The number of allylic oxidation sites excluding steroid dienone is 1. The Hall–Kier alpha value is -2.73. The molecule has 52 heavy (non-hydrogen) atoms. The fourth-order valence-corrected chi connectivity index (χ4v) is 6.15. The summed E-state index contributed by atoms with van der Waals surface area (Å²) >= 11 is 0. The highest BCUT2D eigenvalue weighted by molar-refractivity contribution is 5.83. The predicted octanol–water partition coefficient (Wildman–Crippen LogP) is 14.5. The third-order valence-corrected chi connectivity index (χ3v) is 9.55. The molecule has 1 unspecified atom stereocenters. The zero-order valence-corrected chi connectivity index (χ0v) is 35.3. The Kier molecular flexibility index (Phi) is 26.4. The largest absolute Gasteiger partial charge is 0.313 e. The molecule has 2 aliphatic rings. The first kappa shape index (κ1) is 49.3. The van der Waals surface area contributed by atoms with Gasteiger partial charge in [0.2, 0.25) is 0 Å². The number of pyridine rings is 1. The molecule has 296 valence electrons. The number of hydrogen-bond acceptors (Lipinski definition) is 4. The molecule has 4 nitrogen and oxygen atoms in total. The topological polar surface area (TPSA) is 72.6 Å². The van der Waals surface area contributed by atoms with E-state index in [-0.39, 0.29) is 11.6 Å². The minimum absolute atomic E-state index is 0.0704. The van der Waals surface area contributed by atoms with Crippen LogP contribution < -0.4 is 5.32 Å². The average Bonchev–Trinajstić information content (AvgIpc) is 3.94. The van der Waals surface area contributed by atoms with Gasteiger partial charge in [0.1, 0.15) is 0 Å². The van der Waals surface area contributed by atoms with Crippen LogP contribution in [0.15, 0.2) is 30.8 Å². The highest BCUT2D eigenvalue weighted by Gasteiger charge is 2.30. The van der Waals surface area contributed by atoms with Crippen molar-refractivity contribution in [1.82, 2.24) is 10.3 Å². The summed E-state index contributed by atoms with van der Waals surface area (Å²) in [5, 5.41) is 17.5. The summed E-state index contributed by atoms with van der Waals surface area (Å²) in [5.41, 5.74) is 8.14. The van der Waals surface area contributed by atoms with Crippen LogP contribution in [0.3, 0.4) is 0 Å². The SMILES string of the molecule is C=C(CC)c1cc(C(C)NCC2CCC2)cc(C(C)(F)F)c1CC.CC.CC=N.CCCC(=N)Cc1cc(C)nc(C2CC2)c1.CCCCCCC. The van der Waals surface area contributed by atoms with E-state index in [9.17, 15) is 8.78 Å². The molecule has 1 atom stereocenters. The van der Waals surface area contributed by atoms with Crippen LogP contribution in [-0.4, -0.2) is 23.5 Å². The fourth-order valence-electron chi connectivity index (χ4n) is 6.15. The number of rotatable bonds is 17. The van der Waals surface area contributed by atoms with Crippen molar-refractivity contribution in [3.63, 3.8) is 0 Å². The Labute approximate surface area is 319 Å². The molecule has 0 saturated heterocycles. The van der Waals surface area contributed by atoms with Gasteiger partial charge >= 0.3 is 0 Å². The van der Waals surface area contributed by atoms with Crippen molar-refractivity contribution in [3.8, 4) is 0 Å². The lowest BCUT2D eigenvalue weighted by Gasteiger charge is -2.28. The molecule has 3 N–H and O–H groups in total. The second kappa shape index (κ2) is 27.8. The minimum atomic E-state index is -2.84. The van der Waals surface area contributed by atoms with Crippen LogP contribution in [0.25, 0.3) is 5.57 Å². The number of nitrogens with one attached hydrogen (secondary N) is 3. The number of alkyl halides is 2. The Morgan fingerprint density at radius 3 is 2.02 bits per heavy atom. The van der Waals surface area contributed by atoms with Gasteiger partial charge in [-0.3, -0.25) is 4.98 Å². The number of nitrogens with zero attached hydrogens (tertiary/aromatic N) is 1. The van der Waals surface area contributed by atoms with E-state index in [1.54, 1.807) is 13.0 Å². The molecule has 0 aliphatic heterocycles. The number of halogens is 2. The van der Waals surface area contributed by atoms with E-state index in [2.05, 4.69) is 69.7 Å². The Morgan fingerprint density at radius 2 is 1.58 bits per heavy atom. The number of unbranched alkanes of at least 4 members (excludes halogenated alkanes) is 4. The third kappa shape index (κ3) is 19.4.